The lowest BCUT2D eigenvalue weighted by Crippen LogP contribution is -2.38. The van der Waals surface area contributed by atoms with Crippen LogP contribution in [-0.2, 0) is 13.0 Å². The molecule has 26 heavy (non-hydrogen) atoms. The first-order valence-electron chi connectivity index (χ1n) is 8.31. The molecule has 0 bridgehead atoms. The van der Waals surface area contributed by atoms with E-state index in [1.165, 1.54) is 5.56 Å². The van der Waals surface area contributed by atoms with Crippen LogP contribution in [0.25, 0.3) is 5.65 Å². The predicted octanol–water partition coefficient (Wildman–Crippen LogP) is 3.30. The lowest BCUT2D eigenvalue weighted by atomic mass is 10.1. The van der Waals surface area contributed by atoms with Gasteiger partial charge in [-0.2, -0.15) is 0 Å². The molecule has 138 valence electrons. The van der Waals surface area contributed by atoms with Gasteiger partial charge < -0.3 is 10.6 Å². The summed E-state index contributed by atoms with van der Waals surface area (Å²) in [6, 6.07) is 13.7. The lowest BCUT2D eigenvalue weighted by molar-refractivity contribution is 0.787. The Balaban J connectivity index is 0.00000243. The van der Waals surface area contributed by atoms with Gasteiger partial charge in [-0.3, -0.25) is 4.40 Å². The largest absolute Gasteiger partial charge is 0.357 e. The smallest absolute Gasteiger partial charge is 0.191 e. The summed E-state index contributed by atoms with van der Waals surface area (Å²) in [5.41, 5.74) is 2.06. The number of pyridine rings is 1. The Hall–Kier alpha value is -1.87. The van der Waals surface area contributed by atoms with Crippen LogP contribution < -0.4 is 10.6 Å². The summed E-state index contributed by atoms with van der Waals surface area (Å²) in [7, 11) is 0. The Morgan fingerprint density at radius 1 is 1.12 bits per heavy atom. The van der Waals surface area contributed by atoms with Crippen molar-refractivity contribution in [2.45, 2.75) is 19.9 Å². The summed E-state index contributed by atoms with van der Waals surface area (Å²) in [4.78, 5) is 4.60. The van der Waals surface area contributed by atoms with E-state index in [0.717, 1.165) is 42.0 Å². The molecule has 0 spiro atoms. The van der Waals surface area contributed by atoms with Crippen molar-refractivity contribution in [2.75, 3.05) is 13.1 Å². The van der Waals surface area contributed by atoms with Crippen LogP contribution in [0.3, 0.4) is 0 Å². The third-order valence-corrected chi connectivity index (χ3v) is 3.98. The highest BCUT2D eigenvalue weighted by Crippen LogP contribution is 2.09. The Labute approximate surface area is 175 Å². The number of nitrogens with one attached hydrogen (secondary N) is 2. The number of aromatic nitrogens is 3. The van der Waals surface area contributed by atoms with Crippen LogP contribution in [0, 0.1) is 0 Å². The van der Waals surface area contributed by atoms with Crippen molar-refractivity contribution in [1.82, 2.24) is 25.2 Å². The molecule has 0 aliphatic rings. The molecular weight excluding hydrogens is 463 g/mol. The molecule has 0 atom stereocenters. The van der Waals surface area contributed by atoms with Crippen LogP contribution in [0.4, 0.5) is 0 Å². The van der Waals surface area contributed by atoms with E-state index in [1.807, 2.05) is 60.0 Å². The SMILES string of the molecule is CCNC(=NCc1nnc2ccccn12)NCCc1ccc(Cl)cc1.I. The van der Waals surface area contributed by atoms with Crippen LogP contribution in [0.2, 0.25) is 5.02 Å². The van der Waals surface area contributed by atoms with Crippen molar-refractivity contribution >= 4 is 47.2 Å². The minimum absolute atomic E-state index is 0. The summed E-state index contributed by atoms with van der Waals surface area (Å²) in [6.45, 7) is 4.09. The number of hydrogen-bond acceptors (Lipinski definition) is 3. The number of aliphatic imine (C=N–C) groups is 1. The average molecular weight is 485 g/mol. The zero-order valence-corrected chi connectivity index (χ0v) is 17.6. The Bertz CT molecular complexity index is 846. The third kappa shape index (κ3) is 5.57. The quantitative estimate of drug-likeness (QED) is 0.320. The Kier molecular flexibility index (Phi) is 8.11. The van der Waals surface area contributed by atoms with Gasteiger partial charge in [-0.1, -0.05) is 29.8 Å². The monoisotopic (exact) mass is 484 g/mol. The van der Waals surface area contributed by atoms with Crippen LogP contribution in [-0.4, -0.2) is 33.6 Å². The van der Waals surface area contributed by atoms with E-state index in [1.54, 1.807) is 0 Å². The molecule has 0 fully saturated rings. The molecule has 6 nitrogen and oxygen atoms in total. The number of benzene rings is 1. The summed E-state index contributed by atoms with van der Waals surface area (Å²) >= 11 is 5.91. The fourth-order valence-electron chi connectivity index (χ4n) is 2.47. The first-order valence-corrected chi connectivity index (χ1v) is 8.69. The average Bonchev–Trinajstić information content (AvgIpc) is 3.04. The second-order valence-electron chi connectivity index (χ2n) is 5.54. The summed E-state index contributed by atoms with van der Waals surface area (Å²) in [5.74, 6) is 1.58. The molecule has 0 saturated heterocycles. The molecule has 8 heteroatoms. The van der Waals surface area contributed by atoms with E-state index in [9.17, 15) is 0 Å². The normalized spacial score (nSPS) is 11.2. The number of hydrogen-bond donors (Lipinski definition) is 2. The first kappa shape index (κ1) is 20.4. The molecule has 0 amide bonds. The van der Waals surface area contributed by atoms with Gasteiger partial charge in [-0.25, -0.2) is 4.99 Å². The van der Waals surface area contributed by atoms with Gasteiger partial charge in [-0.15, -0.1) is 34.2 Å². The zero-order valence-electron chi connectivity index (χ0n) is 14.5. The fourth-order valence-corrected chi connectivity index (χ4v) is 2.59. The fraction of sp³-hybridized carbons (Fsp3) is 0.278. The second kappa shape index (κ2) is 10.3. The van der Waals surface area contributed by atoms with Crippen molar-refractivity contribution in [2.24, 2.45) is 4.99 Å². The molecular formula is C18H22ClIN6. The maximum absolute atomic E-state index is 5.91. The molecule has 0 saturated carbocycles. The van der Waals surface area contributed by atoms with E-state index < -0.39 is 0 Å². The highest BCUT2D eigenvalue weighted by Gasteiger charge is 2.04. The zero-order chi connectivity index (χ0) is 17.5. The van der Waals surface area contributed by atoms with E-state index in [4.69, 9.17) is 11.6 Å². The molecule has 3 aromatic rings. The molecule has 0 unspecified atom stereocenters. The van der Waals surface area contributed by atoms with E-state index in [-0.39, 0.29) is 24.0 Å². The molecule has 2 aromatic heterocycles. The predicted molar refractivity (Wildman–Crippen MR) is 116 cm³/mol. The van der Waals surface area contributed by atoms with Crippen LogP contribution in [0.5, 0.6) is 0 Å². The summed E-state index contributed by atoms with van der Waals surface area (Å²) in [6.07, 6.45) is 2.84. The first-order chi connectivity index (χ1) is 12.3. The highest BCUT2D eigenvalue weighted by atomic mass is 127. The van der Waals surface area contributed by atoms with Gasteiger partial charge in [0.2, 0.25) is 0 Å². The molecule has 0 aliphatic carbocycles. The topological polar surface area (TPSA) is 66.6 Å². The van der Waals surface area contributed by atoms with Crippen molar-refractivity contribution in [3.63, 3.8) is 0 Å². The van der Waals surface area contributed by atoms with Crippen LogP contribution >= 0.6 is 35.6 Å². The number of guanidine groups is 1. The maximum atomic E-state index is 5.91. The van der Waals surface area contributed by atoms with Gasteiger partial charge in [0.1, 0.15) is 6.54 Å². The van der Waals surface area contributed by atoms with Gasteiger partial charge in [-0.05, 0) is 43.2 Å². The van der Waals surface area contributed by atoms with Gasteiger partial charge in [0.05, 0.1) is 0 Å². The van der Waals surface area contributed by atoms with Gasteiger partial charge in [0, 0.05) is 24.3 Å². The van der Waals surface area contributed by atoms with E-state index >= 15 is 0 Å². The molecule has 2 heterocycles. The van der Waals surface area contributed by atoms with Crippen molar-refractivity contribution in [1.29, 1.82) is 0 Å². The molecule has 2 N–H and O–H groups in total. The standard InChI is InChI=1S/C18H21ClN6.HI/c1-2-20-18(21-11-10-14-6-8-15(19)9-7-14)22-13-17-24-23-16-5-3-4-12-25(16)17;/h3-9,12H,2,10-11,13H2,1H3,(H2,20,21,22);1H. The van der Waals surface area contributed by atoms with Crippen molar-refractivity contribution in [3.8, 4) is 0 Å². The lowest BCUT2D eigenvalue weighted by Gasteiger charge is -2.11. The second-order valence-corrected chi connectivity index (χ2v) is 5.98. The molecule has 0 aliphatic heterocycles. The van der Waals surface area contributed by atoms with Crippen molar-refractivity contribution in [3.05, 3.63) is 65.1 Å². The molecule has 1 aromatic carbocycles. The number of nitrogens with zero attached hydrogens (tertiary/aromatic N) is 4. The van der Waals surface area contributed by atoms with Crippen molar-refractivity contribution < 1.29 is 0 Å². The van der Waals surface area contributed by atoms with E-state index in [0.29, 0.717) is 6.54 Å². The molecule has 0 radical (unpaired) electrons. The van der Waals surface area contributed by atoms with E-state index in [2.05, 4.69) is 25.8 Å². The number of halogens is 2. The number of fused-ring (bicyclic) bond motifs is 1. The van der Waals surface area contributed by atoms with Gasteiger partial charge in [0.25, 0.3) is 0 Å². The van der Waals surface area contributed by atoms with Gasteiger partial charge in [0.15, 0.2) is 17.4 Å². The Morgan fingerprint density at radius 2 is 1.92 bits per heavy atom. The minimum Gasteiger partial charge on any atom is -0.357 e. The van der Waals surface area contributed by atoms with Crippen LogP contribution in [0.1, 0.15) is 18.3 Å². The third-order valence-electron chi connectivity index (χ3n) is 3.73. The number of rotatable bonds is 6. The molecule has 3 rings (SSSR count). The minimum atomic E-state index is 0. The maximum Gasteiger partial charge on any atom is 0.191 e. The summed E-state index contributed by atoms with van der Waals surface area (Å²) < 4.78 is 1.95. The van der Waals surface area contributed by atoms with Gasteiger partial charge >= 0.3 is 0 Å². The summed E-state index contributed by atoms with van der Waals surface area (Å²) in [5, 5.41) is 15.7. The highest BCUT2D eigenvalue weighted by molar-refractivity contribution is 14.0. The Morgan fingerprint density at radius 3 is 2.69 bits per heavy atom. The van der Waals surface area contributed by atoms with Crippen LogP contribution in [0.15, 0.2) is 53.7 Å².